The molecule has 6 nitrogen and oxygen atoms in total. The number of rotatable bonds is 10. The highest BCUT2D eigenvalue weighted by atomic mass is 127. The minimum absolute atomic E-state index is 0. The molecule has 0 aliphatic heterocycles. The number of nitrogens with one attached hydrogen (secondary N) is 3. The van der Waals surface area contributed by atoms with Crippen LogP contribution in [0.3, 0.4) is 0 Å². The second-order valence-corrected chi connectivity index (χ2v) is 6.45. The summed E-state index contributed by atoms with van der Waals surface area (Å²) in [6.07, 6.45) is 0.923. The van der Waals surface area contributed by atoms with E-state index in [1.807, 2.05) is 12.1 Å². The zero-order valence-corrected chi connectivity index (χ0v) is 19.4. The molecule has 0 fully saturated rings. The number of benzene rings is 2. The standard InChI is InChI=1S/C22H30N4O2.HI/c1-23-22(26-17-21(27)24-13-14-28-2)25-16-20(19-11-7-4-8-12-19)15-18-9-5-3-6-10-18;/h3-12,20H,13-17H2,1-2H3,(H,24,27)(H2,23,25,26);1H. The molecule has 0 aliphatic carbocycles. The number of nitrogens with zero attached hydrogens (tertiary/aromatic N) is 1. The summed E-state index contributed by atoms with van der Waals surface area (Å²) in [5.41, 5.74) is 2.56. The first-order valence-electron chi connectivity index (χ1n) is 9.52. The highest BCUT2D eigenvalue weighted by Gasteiger charge is 2.13. The molecule has 0 saturated heterocycles. The fraction of sp³-hybridized carbons (Fsp3) is 0.364. The molecule has 0 saturated carbocycles. The molecule has 0 aromatic heterocycles. The summed E-state index contributed by atoms with van der Waals surface area (Å²) in [6, 6.07) is 20.9. The van der Waals surface area contributed by atoms with Gasteiger partial charge in [0.05, 0.1) is 13.2 Å². The first kappa shape index (κ1) is 24.9. The van der Waals surface area contributed by atoms with Crippen molar-refractivity contribution in [1.29, 1.82) is 0 Å². The van der Waals surface area contributed by atoms with Crippen molar-refractivity contribution in [3.05, 3.63) is 71.8 Å². The van der Waals surface area contributed by atoms with Crippen LogP contribution in [0.25, 0.3) is 0 Å². The molecule has 2 aromatic rings. The Morgan fingerprint density at radius 2 is 1.66 bits per heavy atom. The Hall–Kier alpha value is -2.13. The zero-order chi connectivity index (χ0) is 20.0. The molecule has 158 valence electrons. The van der Waals surface area contributed by atoms with Gasteiger partial charge in [-0.15, -0.1) is 24.0 Å². The monoisotopic (exact) mass is 510 g/mol. The van der Waals surface area contributed by atoms with Crippen LogP contribution in [0.4, 0.5) is 0 Å². The summed E-state index contributed by atoms with van der Waals surface area (Å²) >= 11 is 0. The lowest BCUT2D eigenvalue weighted by Gasteiger charge is -2.20. The topological polar surface area (TPSA) is 74.8 Å². The lowest BCUT2D eigenvalue weighted by atomic mass is 9.92. The number of aliphatic imine (C=N–C) groups is 1. The molecule has 1 unspecified atom stereocenters. The van der Waals surface area contributed by atoms with Crippen LogP contribution >= 0.6 is 24.0 Å². The lowest BCUT2D eigenvalue weighted by molar-refractivity contribution is -0.120. The van der Waals surface area contributed by atoms with Crippen LogP contribution in [0.5, 0.6) is 0 Å². The molecule has 3 N–H and O–H groups in total. The van der Waals surface area contributed by atoms with Crippen molar-refractivity contribution < 1.29 is 9.53 Å². The van der Waals surface area contributed by atoms with Gasteiger partial charge in [-0.25, -0.2) is 0 Å². The Bertz CT molecular complexity index is 726. The fourth-order valence-corrected chi connectivity index (χ4v) is 2.89. The summed E-state index contributed by atoms with van der Waals surface area (Å²) < 4.78 is 4.92. The van der Waals surface area contributed by atoms with Gasteiger partial charge in [-0.3, -0.25) is 9.79 Å². The Morgan fingerprint density at radius 3 is 2.28 bits per heavy atom. The van der Waals surface area contributed by atoms with Gasteiger partial charge in [-0.05, 0) is 17.5 Å². The van der Waals surface area contributed by atoms with E-state index in [4.69, 9.17) is 4.74 Å². The Labute approximate surface area is 190 Å². The van der Waals surface area contributed by atoms with E-state index in [2.05, 4.69) is 69.5 Å². The number of halogens is 1. The number of carbonyl (C=O) groups is 1. The van der Waals surface area contributed by atoms with Crippen LogP contribution < -0.4 is 16.0 Å². The molecule has 0 aliphatic rings. The Morgan fingerprint density at radius 1 is 1.00 bits per heavy atom. The van der Waals surface area contributed by atoms with Crippen molar-refractivity contribution in [1.82, 2.24) is 16.0 Å². The number of guanidine groups is 1. The van der Waals surface area contributed by atoms with Gasteiger partial charge < -0.3 is 20.7 Å². The first-order chi connectivity index (χ1) is 13.7. The third-order valence-electron chi connectivity index (χ3n) is 4.38. The summed E-state index contributed by atoms with van der Waals surface area (Å²) in [5, 5.41) is 9.18. The number of ether oxygens (including phenoxy) is 1. The van der Waals surface area contributed by atoms with Crippen LogP contribution in [-0.2, 0) is 16.0 Å². The van der Waals surface area contributed by atoms with Crippen LogP contribution in [0.1, 0.15) is 17.0 Å². The number of hydrogen-bond donors (Lipinski definition) is 3. The Kier molecular flexibility index (Phi) is 12.7. The van der Waals surface area contributed by atoms with Gasteiger partial charge in [0, 0.05) is 33.2 Å². The SMILES string of the molecule is CN=C(NCC(=O)NCCOC)NCC(Cc1ccccc1)c1ccccc1.I. The van der Waals surface area contributed by atoms with Crippen LogP contribution in [0, 0.1) is 0 Å². The van der Waals surface area contributed by atoms with Crippen molar-refractivity contribution >= 4 is 35.8 Å². The van der Waals surface area contributed by atoms with E-state index in [-0.39, 0.29) is 42.3 Å². The lowest BCUT2D eigenvalue weighted by Crippen LogP contribution is -2.44. The minimum atomic E-state index is -0.0936. The number of carbonyl (C=O) groups excluding carboxylic acids is 1. The van der Waals surface area contributed by atoms with Crippen molar-refractivity contribution in [2.24, 2.45) is 4.99 Å². The van der Waals surface area contributed by atoms with Gasteiger partial charge in [0.25, 0.3) is 0 Å². The summed E-state index contributed by atoms with van der Waals surface area (Å²) in [5.74, 6) is 0.803. The number of amides is 1. The first-order valence-corrected chi connectivity index (χ1v) is 9.52. The predicted molar refractivity (Wildman–Crippen MR) is 129 cm³/mol. The number of hydrogen-bond acceptors (Lipinski definition) is 3. The van der Waals surface area contributed by atoms with E-state index in [1.165, 1.54) is 11.1 Å². The highest BCUT2D eigenvalue weighted by molar-refractivity contribution is 14.0. The molecule has 1 atom stereocenters. The molecule has 0 bridgehead atoms. The van der Waals surface area contributed by atoms with Gasteiger partial charge in [0.2, 0.25) is 5.91 Å². The van der Waals surface area contributed by atoms with Gasteiger partial charge in [-0.1, -0.05) is 60.7 Å². The van der Waals surface area contributed by atoms with E-state index in [1.54, 1.807) is 14.2 Å². The van der Waals surface area contributed by atoms with Crippen LogP contribution in [0.2, 0.25) is 0 Å². The quantitative estimate of drug-likeness (QED) is 0.199. The second-order valence-electron chi connectivity index (χ2n) is 6.45. The van der Waals surface area contributed by atoms with E-state index in [9.17, 15) is 4.79 Å². The largest absolute Gasteiger partial charge is 0.383 e. The van der Waals surface area contributed by atoms with Gasteiger partial charge in [0.1, 0.15) is 0 Å². The minimum Gasteiger partial charge on any atom is -0.383 e. The van der Waals surface area contributed by atoms with E-state index in [0.29, 0.717) is 25.7 Å². The van der Waals surface area contributed by atoms with Crippen molar-refractivity contribution in [2.45, 2.75) is 12.3 Å². The van der Waals surface area contributed by atoms with Crippen LogP contribution in [0.15, 0.2) is 65.7 Å². The maximum absolute atomic E-state index is 11.8. The maximum Gasteiger partial charge on any atom is 0.239 e. The fourth-order valence-electron chi connectivity index (χ4n) is 2.89. The average molecular weight is 510 g/mol. The van der Waals surface area contributed by atoms with Crippen molar-refractivity contribution in [2.75, 3.05) is 40.4 Å². The molecule has 0 heterocycles. The molecular weight excluding hydrogens is 479 g/mol. The third-order valence-corrected chi connectivity index (χ3v) is 4.38. The third kappa shape index (κ3) is 9.76. The summed E-state index contributed by atoms with van der Waals surface area (Å²) in [7, 11) is 3.31. The summed E-state index contributed by atoms with van der Waals surface area (Å²) in [4.78, 5) is 16.0. The summed E-state index contributed by atoms with van der Waals surface area (Å²) in [6.45, 7) is 1.87. The van der Waals surface area contributed by atoms with Gasteiger partial charge >= 0.3 is 0 Å². The highest BCUT2D eigenvalue weighted by Crippen LogP contribution is 2.20. The van der Waals surface area contributed by atoms with E-state index >= 15 is 0 Å². The zero-order valence-electron chi connectivity index (χ0n) is 17.1. The molecular formula is C22H31IN4O2. The molecule has 0 radical (unpaired) electrons. The molecule has 0 spiro atoms. The average Bonchev–Trinajstić information content (AvgIpc) is 2.74. The Balaban J connectivity index is 0.00000420. The normalized spacial score (nSPS) is 11.9. The van der Waals surface area contributed by atoms with E-state index < -0.39 is 0 Å². The van der Waals surface area contributed by atoms with E-state index in [0.717, 1.165) is 6.42 Å². The van der Waals surface area contributed by atoms with Crippen LogP contribution in [-0.4, -0.2) is 52.3 Å². The smallest absolute Gasteiger partial charge is 0.239 e. The molecule has 2 aromatic carbocycles. The van der Waals surface area contributed by atoms with Crippen molar-refractivity contribution in [3.63, 3.8) is 0 Å². The van der Waals surface area contributed by atoms with Gasteiger partial charge in [-0.2, -0.15) is 0 Å². The van der Waals surface area contributed by atoms with Gasteiger partial charge in [0.15, 0.2) is 5.96 Å². The van der Waals surface area contributed by atoms with Crippen molar-refractivity contribution in [3.8, 4) is 0 Å². The molecule has 1 amide bonds. The number of methoxy groups -OCH3 is 1. The predicted octanol–water partition coefficient (Wildman–Crippen LogP) is 2.56. The molecule has 7 heteroatoms. The molecule has 2 rings (SSSR count). The maximum atomic E-state index is 11.8. The molecule has 29 heavy (non-hydrogen) atoms. The second kappa shape index (κ2) is 14.8.